The molecule has 0 heterocycles. The molecule has 0 bridgehead atoms. The van der Waals surface area contributed by atoms with E-state index in [-0.39, 0.29) is 25.7 Å². The van der Waals surface area contributed by atoms with Crippen LogP contribution in [-0.4, -0.2) is 96.7 Å². The third-order valence-electron chi connectivity index (χ3n) is 14.2. The minimum absolute atomic E-state index is 0.102. The van der Waals surface area contributed by atoms with Crippen LogP contribution in [0.25, 0.3) is 0 Å². The van der Waals surface area contributed by atoms with Gasteiger partial charge in [0.25, 0.3) is 0 Å². The molecule has 6 atom stereocenters. The molecule has 0 aromatic carbocycles. The van der Waals surface area contributed by atoms with Crippen molar-refractivity contribution in [1.82, 2.24) is 0 Å². The molecule has 3 unspecified atom stereocenters. The zero-order valence-corrected chi connectivity index (χ0v) is 53.5. The molecule has 3 N–H and O–H groups in total. The van der Waals surface area contributed by atoms with Gasteiger partial charge >= 0.3 is 39.5 Å². The molecule has 17 nitrogen and oxygen atoms in total. The van der Waals surface area contributed by atoms with Crippen molar-refractivity contribution in [2.24, 2.45) is 23.7 Å². The number of esters is 4. The smallest absolute Gasteiger partial charge is 0.462 e. The number of aliphatic hydroxyl groups is 1. The average Bonchev–Trinajstić information content (AvgIpc) is 3.40. The average molecular weight is 1190 g/mol. The van der Waals surface area contributed by atoms with E-state index in [0.29, 0.717) is 37.5 Å². The monoisotopic (exact) mass is 1180 g/mol. The molecule has 0 rings (SSSR count). The van der Waals surface area contributed by atoms with E-state index in [4.69, 9.17) is 37.0 Å². The van der Waals surface area contributed by atoms with Gasteiger partial charge in [-0.2, -0.15) is 0 Å². The Kier molecular flexibility index (Phi) is 50.2. The highest BCUT2D eigenvalue weighted by Crippen LogP contribution is 2.45. The Morgan fingerprint density at radius 1 is 0.350 bits per heavy atom. The maximum atomic E-state index is 12.9. The molecule has 0 aromatic rings. The van der Waals surface area contributed by atoms with E-state index in [2.05, 4.69) is 55.4 Å². The second-order valence-electron chi connectivity index (χ2n) is 23.8. The van der Waals surface area contributed by atoms with Crippen LogP contribution in [0.1, 0.15) is 287 Å². The summed E-state index contributed by atoms with van der Waals surface area (Å²) in [6.45, 7) is 13.8. The van der Waals surface area contributed by atoms with E-state index >= 15 is 0 Å². The van der Waals surface area contributed by atoms with Gasteiger partial charge in [-0.15, -0.1) is 0 Å². The van der Waals surface area contributed by atoms with E-state index in [0.717, 1.165) is 115 Å². The summed E-state index contributed by atoms with van der Waals surface area (Å²) < 4.78 is 67.8. The van der Waals surface area contributed by atoms with Crippen molar-refractivity contribution in [3.05, 3.63) is 0 Å². The predicted octanol–water partition coefficient (Wildman–Crippen LogP) is 16.2. The van der Waals surface area contributed by atoms with E-state index in [1.807, 2.05) is 0 Å². The first-order valence-electron chi connectivity index (χ1n) is 31.7. The summed E-state index contributed by atoms with van der Waals surface area (Å²) >= 11 is 0. The first-order chi connectivity index (χ1) is 38.1. The number of rotatable bonds is 58. The van der Waals surface area contributed by atoms with Crippen molar-refractivity contribution in [3.8, 4) is 0 Å². The summed E-state index contributed by atoms with van der Waals surface area (Å²) in [4.78, 5) is 72.0. The van der Waals surface area contributed by atoms with E-state index in [9.17, 15) is 43.2 Å². The van der Waals surface area contributed by atoms with E-state index < -0.39 is 97.5 Å². The van der Waals surface area contributed by atoms with Gasteiger partial charge in [0.2, 0.25) is 0 Å². The molecule has 0 aliphatic rings. The van der Waals surface area contributed by atoms with Crippen LogP contribution in [0.5, 0.6) is 0 Å². The highest BCUT2D eigenvalue weighted by molar-refractivity contribution is 7.47. The molecule has 474 valence electrons. The summed E-state index contributed by atoms with van der Waals surface area (Å²) in [5.74, 6) is 0.676. The van der Waals surface area contributed by atoms with Crippen LogP contribution in [0.3, 0.4) is 0 Å². The molecule has 80 heavy (non-hydrogen) atoms. The van der Waals surface area contributed by atoms with Crippen LogP contribution >= 0.6 is 15.6 Å². The van der Waals surface area contributed by atoms with Crippen LogP contribution < -0.4 is 0 Å². The molecule has 0 radical (unpaired) electrons. The first-order valence-corrected chi connectivity index (χ1v) is 34.7. The molecule has 0 aromatic heterocycles. The maximum absolute atomic E-state index is 12.9. The minimum Gasteiger partial charge on any atom is -0.462 e. The second-order valence-corrected chi connectivity index (χ2v) is 26.7. The van der Waals surface area contributed by atoms with Gasteiger partial charge < -0.3 is 33.8 Å². The third-order valence-corrected chi connectivity index (χ3v) is 16.1. The van der Waals surface area contributed by atoms with Gasteiger partial charge in [-0.1, -0.05) is 235 Å². The van der Waals surface area contributed by atoms with Gasteiger partial charge in [0.05, 0.1) is 26.4 Å². The van der Waals surface area contributed by atoms with Crippen molar-refractivity contribution < 1.29 is 80.2 Å². The van der Waals surface area contributed by atoms with E-state index in [1.165, 1.54) is 77.0 Å². The Bertz CT molecular complexity index is 1610. The lowest BCUT2D eigenvalue weighted by Gasteiger charge is -2.21. The number of aliphatic hydroxyl groups excluding tert-OH is 1. The summed E-state index contributed by atoms with van der Waals surface area (Å²) in [6.07, 6.45) is 29.7. The predicted molar refractivity (Wildman–Crippen MR) is 317 cm³/mol. The van der Waals surface area contributed by atoms with Crippen LogP contribution in [-0.2, 0) is 65.4 Å². The molecule has 0 aliphatic heterocycles. The van der Waals surface area contributed by atoms with Crippen molar-refractivity contribution in [2.45, 2.75) is 305 Å². The number of phosphoric acid groups is 2. The molecular weight excluding hydrogens is 1070 g/mol. The van der Waals surface area contributed by atoms with Crippen molar-refractivity contribution in [1.29, 1.82) is 0 Å². The number of carbonyl (C=O) groups is 4. The van der Waals surface area contributed by atoms with Crippen LogP contribution in [0.4, 0.5) is 0 Å². The number of ether oxygens (including phenoxy) is 4. The lowest BCUT2D eigenvalue weighted by molar-refractivity contribution is -0.161. The molecule has 0 amide bonds. The number of phosphoric ester groups is 2. The SMILES string of the molecule is CCC(C)CCCCCCCCC(=O)OC[C@H](COP(=O)(O)OC[C@@H](O)COP(=O)(O)OC[C@@H](COC(=O)CCCCCCCCC(C)C)OC(=O)CCCCCCCCCCC(C)C)OC(=O)CCCCCCCCCC(C)C. The number of unbranched alkanes of at least 4 members (excludes halogenated alkanes) is 23. The Morgan fingerprint density at radius 2 is 0.600 bits per heavy atom. The molecular formula is C61H118O17P2. The van der Waals surface area contributed by atoms with Gasteiger partial charge in [0.1, 0.15) is 19.3 Å². The van der Waals surface area contributed by atoms with Gasteiger partial charge in [-0.05, 0) is 49.4 Å². The third kappa shape index (κ3) is 54.0. The van der Waals surface area contributed by atoms with E-state index in [1.54, 1.807) is 0 Å². The fourth-order valence-electron chi connectivity index (χ4n) is 8.87. The number of hydrogen-bond donors (Lipinski definition) is 3. The fourth-order valence-corrected chi connectivity index (χ4v) is 10.4. The van der Waals surface area contributed by atoms with Crippen LogP contribution in [0, 0.1) is 23.7 Å². The molecule has 0 fully saturated rings. The molecule has 0 aliphatic carbocycles. The summed E-state index contributed by atoms with van der Waals surface area (Å²) in [5.41, 5.74) is 0. The summed E-state index contributed by atoms with van der Waals surface area (Å²) in [6, 6.07) is 0. The molecule has 0 spiro atoms. The summed E-state index contributed by atoms with van der Waals surface area (Å²) in [7, 11) is -9.88. The van der Waals surface area contributed by atoms with Crippen molar-refractivity contribution in [2.75, 3.05) is 39.6 Å². The lowest BCUT2D eigenvalue weighted by atomic mass is 10.00. The van der Waals surface area contributed by atoms with Gasteiger partial charge in [0, 0.05) is 25.7 Å². The zero-order chi connectivity index (χ0) is 59.7. The standard InChI is InChI=1S/C61H118O17P2/c1-9-54(8)40-32-24-18-20-26-34-42-59(64)72-48-57(78-61(66)44-36-28-16-12-14-22-30-38-52(4)5)50-76-80(69,70)74-46-55(62)45-73-79(67,68)75-49-56(47-71-58(63)41-33-25-19-17-23-31-39-53(6)7)77-60(65)43-35-27-15-11-10-13-21-29-37-51(2)3/h51-57,62H,9-50H2,1-8H3,(H,67,68)(H,69,70)/t54?,55-,56+,57+/m0/s1. The topological polar surface area (TPSA) is 237 Å². The largest absolute Gasteiger partial charge is 0.472 e. The van der Waals surface area contributed by atoms with Gasteiger partial charge in [-0.25, -0.2) is 9.13 Å². The minimum atomic E-state index is -4.94. The Balaban J connectivity index is 5.26. The Hall–Kier alpha value is -1.94. The second kappa shape index (κ2) is 51.5. The molecule has 0 saturated heterocycles. The lowest BCUT2D eigenvalue weighted by Crippen LogP contribution is -2.30. The molecule has 0 saturated carbocycles. The van der Waals surface area contributed by atoms with Gasteiger partial charge in [0.15, 0.2) is 12.2 Å². The Labute approximate surface area is 486 Å². The number of hydrogen-bond acceptors (Lipinski definition) is 15. The zero-order valence-electron chi connectivity index (χ0n) is 51.7. The summed E-state index contributed by atoms with van der Waals surface area (Å²) in [5, 5.41) is 10.5. The highest BCUT2D eigenvalue weighted by atomic mass is 31.2. The fraction of sp³-hybridized carbons (Fsp3) is 0.934. The first kappa shape index (κ1) is 78.1. The van der Waals surface area contributed by atoms with Crippen molar-refractivity contribution >= 4 is 39.5 Å². The normalized spacial score (nSPS) is 14.9. The van der Waals surface area contributed by atoms with Crippen molar-refractivity contribution in [3.63, 3.8) is 0 Å². The number of carbonyl (C=O) groups excluding carboxylic acids is 4. The van der Waals surface area contributed by atoms with Gasteiger partial charge in [-0.3, -0.25) is 37.3 Å². The quantitative estimate of drug-likeness (QED) is 0.0222. The van der Waals surface area contributed by atoms with Crippen LogP contribution in [0.15, 0.2) is 0 Å². The maximum Gasteiger partial charge on any atom is 0.472 e. The molecule has 19 heteroatoms. The Morgan fingerprint density at radius 3 is 0.887 bits per heavy atom. The van der Waals surface area contributed by atoms with Crippen LogP contribution in [0.2, 0.25) is 0 Å². The highest BCUT2D eigenvalue weighted by Gasteiger charge is 2.30.